The predicted molar refractivity (Wildman–Crippen MR) is 101 cm³/mol. The summed E-state index contributed by atoms with van der Waals surface area (Å²) in [5, 5.41) is 9.48. The first-order valence-corrected chi connectivity index (χ1v) is 9.01. The molecule has 134 valence electrons. The summed E-state index contributed by atoms with van der Waals surface area (Å²) >= 11 is 0. The number of nitrogens with zero attached hydrogens (tertiary/aromatic N) is 5. The summed E-state index contributed by atoms with van der Waals surface area (Å²) in [6.07, 6.45) is 4.10. The molecule has 0 spiro atoms. The normalized spacial score (nSPS) is 17.3. The Hall–Kier alpha value is -2.85. The quantitative estimate of drug-likeness (QED) is 0.905. The van der Waals surface area contributed by atoms with Crippen LogP contribution in [0.4, 0.5) is 17.3 Å². The van der Waals surface area contributed by atoms with E-state index in [2.05, 4.69) is 25.8 Å². The third-order valence-corrected chi connectivity index (χ3v) is 4.96. The maximum atomic E-state index is 9.48. The van der Waals surface area contributed by atoms with Crippen LogP contribution in [0.15, 0.2) is 24.4 Å². The number of ether oxygens (including phenoxy) is 1. The van der Waals surface area contributed by atoms with Gasteiger partial charge in [-0.15, -0.1) is 0 Å². The van der Waals surface area contributed by atoms with Crippen molar-refractivity contribution in [2.45, 2.75) is 12.8 Å². The largest absolute Gasteiger partial charge is 0.383 e. The molecule has 0 bridgehead atoms. The van der Waals surface area contributed by atoms with Gasteiger partial charge in [0.05, 0.1) is 24.6 Å². The highest BCUT2D eigenvalue weighted by atomic mass is 16.5. The molecule has 26 heavy (non-hydrogen) atoms. The van der Waals surface area contributed by atoms with Crippen molar-refractivity contribution in [3.63, 3.8) is 0 Å². The average molecular weight is 350 g/mol. The number of hydrogen-bond acceptors (Lipinski definition) is 7. The highest BCUT2D eigenvalue weighted by molar-refractivity contribution is 5.75. The molecule has 2 fully saturated rings. The molecular formula is C19H22N6O. The van der Waals surface area contributed by atoms with Crippen molar-refractivity contribution < 1.29 is 4.74 Å². The van der Waals surface area contributed by atoms with Crippen LogP contribution in [-0.2, 0) is 4.74 Å². The number of anilines is 3. The van der Waals surface area contributed by atoms with Crippen LogP contribution in [0.25, 0.3) is 11.3 Å². The van der Waals surface area contributed by atoms with Crippen LogP contribution in [0.3, 0.4) is 0 Å². The van der Waals surface area contributed by atoms with Gasteiger partial charge in [0.2, 0.25) is 0 Å². The number of rotatable bonds is 3. The molecule has 2 aliphatic rings. The minimum Gasteiger partial charge on any atom is -0.383 e. The molecule has 4 heterocycles. The minimum atomic E-state index is 0.282. The van der Waals surface area contributed by atoms with E-state index < -0.39 is 0 Å². The average Bonchev–Trinajstić information content (AvgIpc) is 3.23. The van der Waals surface area contributed by atoms with Crippen LogP contribution in [0, 0.1) is 11.3 Å². The maximum absolute atomic E-state index is 9.48. The lowest BCUT2D eigenvalue weighted by Crippen LogP contribution is -2.36. The molecule has 0 aliphatic carbocycles. The predicted octanol–water partition coefficient (Wildman–Crippen LogP) is 2.03. The van der Waals surface area contributed by atoms with Gasteiger partial charge in [0, 0.05) is 37.9 Å². The van der Waals surface area contributed by atoms with E-state index >= 15 is 0 Å². The zero-order valence-corrected chi connectivity index (χ0v) is 14.7. The first kappa shape index (κ1) is 16.6. The zero-order valence-electron chi connectivity index (χ0n) is 14.7. The van der Waals surface area contributed by atoms with E-state index in [0.717, 1.165) is 75.0 Å². The fourth-order valence-electron chi connectivity index (χ4n) is 3.54. The van der Waals surface area contributed by atoms with Gasteiger partial charge in [-0.05, 0) is 31.0 Å². The second kappa shape index (κ2) is 7.18. The molecule has 0 amide bonds. The van der Waals surface area contributed by atoms with E-state index in [4.69, 9.17) is 10.5 Å². The van der Waals surface area contributed by atoms with E-state index in [9.17, 15) is 5.26 Å². The summed E-state index contributed by atoms with van der Waals surface area (Å²) in [5.41, 5.74) is 9.08. The number of pyridine rings is 2. The molecule has 2 aromatic heterocycles. The molecule has 2 N–H and O–H groups in total. The fraction of sp³-hybridized carbons (Fsp3) is 0.421. The van der Waals surface area contributed by atoms with Gasteiger partial charge in [-0.25, -0.2) is 9.97 Å². The first-order valence-electron chi connectivity index (χ1n) is 9.01. The van der Waals surface area contributed by atoms with E-state index in [-0.39, 0.29) is 5.82 Å². The third-order valence-electron chi connectivity index (χ3n) is 4.96. The third kappa shape index (κ3) is 3.16. The van der Waals surface area contributed by atoms with Gasteiger partial charge >= 0.3 is 0 Å². The lowest BCUT2D eigenvalue weighted by molar-refractivity contribution is 0.122. The van der Waals surface area contributed by atoms with Crippen molar-refractivity contribution in [2.75, 3.05) is 54.9 Å². The van der Waals surface area contributed by atoms with E-state index in [0.29, 0.717) is 5.56 Å². The van der Waals surface area contributed by atoms with Gasteiger partial charge in [-0.1, -0.05) is 0 Å². The summed E-state index contributed by atoms with van der Waals surface area (Å²) < 4.78 is 5.39. The standard InChI is InChI=1S/C19H22N6O/c20-12-15-17(24-5-1-2-6-24)11-16(23-19(15)21)14-3-4-18(22-13-14)25-7-9-26-10-8-25/h3-4,11,13H,1-2,5-10H2,(H2,21,23). The van der Waals surface area contributed by atoms with E-state index in [1.54, 1.807) is 0 Å². The van der Waals surface area contributed by atoms with Crippen LogP contribution < -0.4 is 15.5 Å². The van der Waals surface area contributed by atoms with Crippen molar-refractivity contribution >= 4 is 17.3 Å². The molecule has 7 nitrogen and oxygen atoms in total. The number of morpholine rings is 1. The van der Waals surface area contributed by atoms with Crippen LogP contribution in [-0.4, -0.2) is 49.4 Å². The van der Waals surface area contributed by atoms with Gasteiger partial charge in [0.25, 0.3) is 0 Å². The Kier molecular flexibility index (Phi) is 4.59. The van der Waals surface area contributed by atoms with Crippen molar-refractivity contribution in [3.8, 4) is 17.3 Å². The van der Waals surface area contributed by atoms with Gasteiger partial charge in [-0.2, -0.15) is 5.26 Å². The van der Waals surface area contributed by atoms with Crippen molar-refractivity contribution in [1.29, 1.82) is 5.26 Å². The van der Waals surface area contributed by atoms with E-state index in [1.165, 1.54) is 0 Å². The molecule has 0 aromatic carbocycles. The molecule has 2 saturated heterocycles. The second-order valence-electron chi connectivity index (χ2n) is 6.60. The molecule has 0 saturated carbocycles. The lowest BCUT2D eigenvalue weighted by Gasteiger charge is -2.27. The van der Waals surface area contributed by atoms with Crippen molar-refractivity contribution in [1.82, 2.24) is 9.97 Å². The van der Waals surface area contributed by atoms with Gasteiger partial charge < -0.3 is 20.3 Å². The molecule has 0 radical (unpaired) electrons. The van der Waals surface area contributed by atoms with Crippen LogP contribution in [0.1, 0.15) is 18.4 Å². The van der Waals surface area contributed by atoms with Crippen LogP contribution in [0.2, 0.25) is 0 Å². The molecule has 0 unspecified atom stereocenters. The number of aromatic nitrogens is 2. The number of hydrogen-bond donors (Lipinski definition) is 1. The molecule has 0 atom stereocenters. The van der Waals surface area contributed by atoms with Crippen molar-refractivity contribution in [2.24, 2.45) is 0 Å². The molecule has 4 rings (SSSR count). The number of nitrogens with two attached hydrogens (primary N) is 1. The Balaban J connectivity index is 1.65. The second-order valence-corrected chi connectivity index (χ2v) is 6.60. The van der Waals surface area contributed by atoms with Gasteiger partial charge in [-0.3, -0.25) is 0 Å². The Labute approximate surface area is 153 Å². The van der Waals surface area contributed by atoms with Crippen LogP contribution >= 0.6 is 0 Å². The Bertz CT molecular complexity index is 817. The number of nitriles is 1. The Morgan fingerprint density at radius 1 is 1.08 bits per heavy atom. The minimum absolute atomic E-state index is 0.282. The van der Waals surface area contributed by atoms with Gasteiger partial charge in [0.15, 0.2) is 0 Å². The summed E-state index contributed by atoms with van der Waals surface area (Å²) in [6.45, 7) is 5.07. The first-order chi connectivity index (χ1) is 12.8. The fourth-order valence-corrected chi connectivity index (χ4v) is 3.54. The summed E-state index contributed by atoms with van der Waals surface area (Å²) in [6, 6.07) is 8.19. The van der Waals surface area contributed by atoms with Crippen LogP contribution in [0.5, 0.6) is 0 Å². The lowest BCUT2D eigenvalue weighted by atomic mass is 10.1. The molecule has 2 aromatic rings. The number of nitrogen functional groups attached to an aromatic ring is 1. The maximum Gasteiger partial charge on any atom is 0.144 e. The monoisotopic (exact) mass is 350 g/mol. The Morgan fingerprint density at radius 2 is 1.85 bits per heavy atom. The molecule has 7 heteroatoms. The summed E-state index contributed by atoms with van der Waals surface area (Å²) in [4.78, 5) is 13.5. The topological polar surface area (TPSA) is 91.3 Å². The SMILES string of the molecule is N#Cc1c(N2CCCC2)cc(-c2ccc(N3CCOCC3)nc2)nc1N. The highest BCUT2D eigenvalue weighted by Gasteiger charge is 2.20. The van der Waals surface area contributed by atoms with Crippen molar-refractivity contribution in [3.05, 3.63) is 30.0 Å². The van der Waals surface area contributed by atoms with E-state index in [1.807, 2.05) is 24.4 Å². The van der Waals surface area contributed by atoms with Gasteiger partial charge in [0.1, 0.15) is 23.3 Å². The smallest absolute Gasteiger partial charge is 0.144 e. The molecular weight excluding hydrogens is 328 g/mol. The highest BCUT2D eigenvalue weighted by Crippen LogP contribution is 2.32. The summed E-state index contributed by atoms with van der Waals surface area (Å²) in [7, 11) is 0. The molecule has 2 aliphatic heterocycles. The Morgan fingerprint density at radius 3 is 2.50 bits per heavy atom. The zero-order chi connectivity index (χ0) is 17.9. The summed E-state index contributed by atoms with van der Waals surface area (Å²) in [5.74, 6) is 1.22.